The Hall–Kier alpha value is -2.89. The molecule has 0 saturated carbocycles. The van der Waals surface area contributed by atoms with Gasteiger partial charge < -0.3 is 0 Å². The van der Waals surface area contributed by atoms with Gasteiger partial charge in [-0.2, -0.15) is 4.31 Å². The Morgan fingerprint density at radius 1 is 1.20 bits per heavy atom. The molecule has 0 spiro atoms. The number of anilines is 1. The third-order valence-electron chi connectivity index (χ3n) is 4.95. The van der Waals surface area contributed by atoms with Crippen LogP contribution in [0.25, 0.3) is 10.2 Å². The fourth-order valence-electron chi connectivity index (χ4n) is 3.31. The largest absolute Gasteiger partial charge is 0.298 e. The molecule has 0 aliphatic carbocycles. The minimum absolute atomic E-state index is 0.135. The highest BCUT2D eigenvalue weighted by Gasteiger charge is 2.27. The topological polar surface area (TPSA) is 123 Å². The zero-order chi connectivity index (χ0) is 21.5. The van der Waals surface area contributed by atoms with Crippen molar-refractivity contribution in [1.82, 2.24) is 9.29 Å². The maximum absolute atomic E-state index is 12.7. The smallest absolute Gasteiger partial charge is 0.273 e. The lowest BCUT2D eigenvalue weighted by atomic mass is 10.1. The van der Waals surface area contributed by atoms with E-state index in [0.29, 0.717) is 28.9 Å². The number of sulfonamides is 1. The first-order valence-corrected chi connectivity index (χ1v) is 11.5. The van der Waals surface area contributed by atoms with Crippen molar-refractivity contribution in [3.05, 3.63) is 57.6 Å². The summed E-state index contributed by atoms with van der Waals surface area (Å²) in [5, 5.41) is 14.0. The number of fused-ring (bicyclic) bond motifs is 1. The van der Waals surface area contributed by atoms with Crippen LogP contribution in [0.1, 0.15) is 28.8 Å². The first-order valence-electron chi connectivity index (χ1n) is 9.23. The minimum Gasteiger partial charge on any atom is -0.298 e. The minimum atomic E-state index is -3.54. The van der Waals surface area contributed by atoms with Gasteiger partial charge in [0, 0.05) is 30.3 Å². The number of nitrogens with one attached hydrogen (secondary N) is 1. The highest BCUT2D eigenvalue weighted by molar-refractivity contribution is 7.89. The molecule has 3 aromatic rings. The van der Waals surface area contributed by atoms with Gasteiger partial charge in [-0.15, -0.1) is 0 Å². The lowest BCUT2D eigenvalue weighted by molar-refractivity contribution is -0.385. The molecule has 9 nitrogen and oxygen atoms in total. The fourth-order valence-corrected chi connectivity index (χ4v) is 5.83. The van der Waals surface area contributed by atoms with Gasteiger partial charge in [0.25, 0.3) is 11.6 Å². The number of nitro groups is 1. The number of amides is 1. The van der Waals surface area contributed by atoms with Crippen molar-refractivity contribution < 1.29 is 18.1 Å². The van der Waals surface area contributed by atoms with Gasteiger partial charge in [-0.3, -0.25) is 20.2 Å². The average Bonchev–Trinajstić information content (AvgIpc) is 3.37. The fraction of sp³-hybridized carbons (Fsp3) is 0.263. The molecule has 156 valence electrons. The second-order valence-corrected chi connectivity index (χ2v) is 9.94. The van der Waals surface area contributed by atoms with Crippen molar-refractivity contribution in [1.29, 1.82) is 0 Å². The number of carbonyl (C=O) groups excluding carboxylic acids is 1. The second-order valence-electron chi connectivity index (χ2n) is 6.97. The summed E-state index contributed by atoms with van der Waals surface area (Å²) in [6.07, 6.45) is 1.71. The molecule has 1 amide bonds. The van der Waals surface area contributed by atoms with E-state index >= 15 is 0 Å². The quantitative estimate of drug-likeness (QED) is 0.472. The van der Waals surface area contributed by atoms with Crippen LogP contribution in [-0.4, -0.2) is 41.6 Å². The monoisotopic (exact) mass is 446 g/mol. The van der Waals surface area contributed by atoms with Gasteiger partial charge in [-0.25, -0.2) is 13.4 Å². The lowest BCUT2D eigenvalue weighted by Gasteiger charge is -2.15. The second kappa shape index (κ2) is 7.74. The third-order valence-corrected chi connectivity index (χ3v) is 7.78. The highest BCUT2D eigenvalue weighted by atomic mass is 32.2. The highest BCUT2D eigenvalue weighted by Crippen LogP contribution is 2.30. The van der Waals surface area contributed by atoms with Crippen molar-refractivity contribution >= 4 is 48.3 Å². The van der Waals surface area contributed by atoms with Gasteiger partial charge in [0.15, 0.2) is 5.13 Å². The number of benzene rings is 2. The molecule has 0 atom stereocenters. The Morgan fingerprint density at radius 3 is 2.63 bits per heavy atom. The Balaban J connectivity index is 1.59. The summed E-state index contributed by atoms with van der Waals surface area (Å²) in [6.45, 7) is 2.64. The molecule has 1 aliphatic rings. The van der Waals surface area contributed by atoms with Crippen molar-refractivity contribution in [3.63, 3.8) is 0 Å². The van der Waals surface area contributed by atoms with E-state index in [-0.39, 0.29) is 21.3 Å². The molecule has 4 rings (SSSR count). The molecule has 0 radical (unpaired) electrons. The van der Waals surface area contributed by atoms with Gasteiger partial charge in [-0.05, 0) is 44.0 Å². The molecule has 0 unspecified atom stereocenters. The third kappa shape index (κ3) is 3.78. The SMILES string of the molecule is Cc1ccc(C(=O)Nc2nc3ccc(S(=O)(=O)N4CCCC4)cc3s2)cc1[N+](=O)[O-]. The number of hydrogen-bond acceptors (Lipinski definition) is 7. The molecule has 1 fully saturated rings. The first kappa shape index (κ1) is 20.4. The number of rotatable bonds is 5. The zero-order valence-electron chi connectivity index (χ0n) is 16.0. The van der Waals surface area contributed by atoms with Gasteiger partial charge in [-0.1, -0.05) is 17.4 Å². The summed E-state index contributed by atoms with van der Waals surface area (Å²) >= 11 is 1.15. The maximum atomic E-state index is 12.7. The zero-order valence-corrected chi connectivity index (χ0v) is 17.6. The van der Waals surface area contributed by atoms with Gasteiger partial charge in [0.1, 0.15) is 0 Å². The summed E-state index contributed by atoms with van der Waals surface area (Å²) in [5.41, 5.74) is 1.03. The predicted molar refractivity (Wildman–Crippen MR) is 113 cm³/mol. The lowest BCUT2D eigenvalue weighted by Crippen LogP contribution is -2.27. The number of aromatic nitrogens is 1. The molecular formula is C19H18N4O5S2. The van der Waals surface area contributed by atoms with Crippen LogP contribution in [0.2, 0.25) is 0 Å². The molecule has 1 saturated heterocycles. The van der Waals surface area contributed by atoms with E-state index < -0.39 is 20.9 Å². The molecule has 30 heavy (non-hydrogen) atoms. The van der Waals surface area contributed by atoms with E-state index in [1.165, 1.54) is 28.6 Å². The number of nitro benzene ring substituents is 1. The Labute approximate surface area is 176 Å². The van der Waals surface area contributed by atoms with Crippen LogP contribution in [-0.2, 0) is 10.0 Å². The van der Waals surface area contributed by atoms with Crippen LogP contribution >= 0.6 is 11.3 Å². The number of thiazole rings is 1. The molecular weight excluding hydrogens is 428 g/mol. The predicted octanol–water partition coefficient (Wildman–Crippen LogP) is 3.55. The first-order chi connectivity index (χ1) is 14.3. The Bertz CT molecular complexity index is 1260. The molecule has 2 heterocycles. The number of aryl methyl sites for hydroxylation is 1. The van der Waals surface area contributed by atoms with Gasteiger partial charge in [0.05, 0.1) is 20.0 Å². The molecule has 1 aliphatic heterocycles. The Kier molecular flexibility index (Phi) is 5.26. The Morgan fingerprint density at radius 2 is 1.93 bits per heavy atom. The molecule has 1 aromatic heterocycles. The molecule has 0 bridgehead atoms. The van der Waals surface area contributed by atoms with Gasteiger partial charge in [0.2, 0.25) is 10.0 Å². The molecule has 11 heteroatoms. The van der Waals surface area contributed by atoms with Crippen LogP contribution in [0, 0.1) is 17.0 Å². The number of nitrogens with zero attached hydrogens (tertiary/aromatic N) is 3. The van der Waals surface area contributed by atoms with Crippen molar-refractivity contribution in [2.45, 2.75) is 24.7 Å². The van der Waals surface area contributed by atoms with Crippen LogP contribution in [0.4, 0.5) is 10.8 Å². The molecule has 2 aromatic carbocycles. The van der Waals surface area contributed by atoms with Crippen LogP contribution in [0.5, 0.6) is 0 Å². The summed E-state index contributed by atoms with van der Waals surface area (Å²) in [6, 6.07) is 8.93. The van der Waals surface area contributed by atoms with Crippen molar-refractivity contribution in [2.24, 2.45) is 0 Å². The van der Waals surface area contributed by atoms with E-state index in [1.54, 1.807) is 19.1 Å². The summed E-state index contributed by atoms with van der Waals surface area (Å²) in [4.78, 5) is 27.6. The van der Waals surface area contributed by atoms with E-state index in [4.69, 9.17) is 0 Å². The van der Waals surface area contributed by atoms with Gasteiger partial charge >= 0.3 is 0 Å². The summed E-state index contributed by atoms with van der Waals surface area (Å²) in [7, 11) is -3.54. The van der Waals surface area contributed by atoms with E-state index in [0.717, 1.165) is 24.2 Å². The van der Waals surface area contributed by atoms with Crippen LogP contribution in [0.3, 0.4) is 0 Å². The van der Waals surface area contributed by atoms with Crippen LogP contribution < -0.4 is 5.32 Å². The van der Waals surface area contributed by atoms with E-state index in [1.807, 2.05) is 0 Å². The van der Waals surface area contributed by atoms with E-state index in [2.05, 4.69) is 10.3 Å². The average molecular weight is 447 g/mol. The number of carbonyl (C=O) groups is 1. The standard InChI is InChI=1S/C19H18N4O5S2/c1-12-4-5-13(10-16(12)23(25)26)18(24)21-19-20-15-7-6-14(11-17(15)29-19)30(27,28)22-8-2-3-9-22/h4-7,10-11H,2-3,8-9H2,1H3,(H,20,21,24). The van der Waals surface area contributed by atoms with Crippen molar-refractivity contribution in [2.75, 3.05) is 18.4 Å². The number of hydrogen-bond donors (Lipinski definition) is 1. The summed E-state index contributed by atoms with van der Waals surface area (Å²) in [5.74, 6) is -0.526. The maximum Gasteiger partial charge on any atom is 0.273 e. The molecule has 1 N–H and O–H groups in total. The van der Waals surface area contributed by atoms with E-state index in [9.17, 15) is 23.3 Å². The van der Waals surface area contributed by atoms with Crippen LogP contribution in [0.15, 0.2) is 41.3 Å². The summed E-state index contributed by atoms with van der Waals surface area (Å²) < 4.78 is 27.6. The van der Waals surface area contributed by atoms with Crippen molar-refractivity contribution in [3.8, 4) is 0 Å². The normalized spacial score (nSPS) is 14.8.